The van der Waals surface area contributed by atoms with E-state index in [-0.39, 0.29) is 22.7 Å². The van der Waals surface area contributed by atoms with Crippen LogP contribution < -0.4 is 30.2 Å². The summed E-state index contributed by atoms with van der Waals surface area (Å²) in [7, 11) is 3.03. The van der Waals surface area contributed by atoms with Crippen molar-refractivity contribution in [2.75, 3.05) is 31.4 Å². The fraction of sp³-hybridized carbons (Fsp3) is 0.207. The monoisotopic (exact) mass is 563 g/mol. The molecule has 206 valence electrons. The lowest BCUT2D eigenvalue weighted by atomic mass is 10.1. The number of anilines is 3. The molecule has 3 aromatic carbocycles. The standard InChI is InChI=1S/C29H27ClFN5O4/c1-38-26-14-22-20(12-23(26)35-28(37)9-8-18-6-4-10-32-18)29(34-16-33-22)36-24-13-21(30)25(15-27(24)39-2)40-19-7-3-5-17(31)11-19/h3,5,7-9,11-16,18,32H,4,6,10H2,1-2H3,(H,35,37)(H,33,34,36)/b9-8+/t18-/m1/s1. The van der Waals surface area contributed by atoms with Crippen molar-refractivity contribution in [1.82, 2.24) is 15.3 Å². The molecule has 0 bridgehead atoms. The van der Waals surface area contributed by atoms with E-state index in [4.69, 9.17) is 25.8 Å². The maximum atomic E-state index is 13.6. The summed E-state index contributed by atoms with van der Waals surface area (Å²) in [6.45, 7) is 0.948. The van der Waals surface area contributed by atoms with Crippen LogP contribution in [0.1, 0.15) is 12.8 Å². The quantitative estimate of drug-likeness (QED) is 0.206. The van der Waals surface area contributed by atoms with Crippen LogP contribution in [0.5, 0.6) is 23.0 Å². The number of nitrogens with one attached hydrogen (secondary N) is 3. The van der Waals surface area contributed by atoms with Gasteiger partial charge in [-0.15, -0.1) is 0 Å². The Labute approximate surface area is 235 Å². The highest BCUT2D eigenvalue weighted by molar-refractivity contribution is 6.32. The van der Waals surface area contributed by atoms with Crippen LogP contribution in [0.4, 0.5) is 21.6 Å². The molecule has 0 radical (unpaired) electrons. The number of carbonyl (C=O) groups excluding carboxylic acids is 1. The van der Waals surface area contributed by atoms with E-state index in [1.54, 1.807) is 36.4 Å². The first-order valence-corrected chi connectivity index (χ1v) is 12.9. The number of nitrogens with zero attached hydrogens (tertiary/aromatic N) is 2. The Morgan fingerprint density at radius 2 is 1.90 bits per heavy atom. The molecule has 9 nitrogen and oxygen atoms in total. The second kappa shape index (κ2) is 12.2. The van der Waals surface area contributed by atoms with Crippen LogP contribution in [-0.2, 0) is 4.79 Å². The lowest BCUT2D eigenvalue weighted by Crippen LogP contribution is -2.19. The molecule has 11 heteroatoms. The molecule has 0 unspecified atom stereocenters. The van der Waals surface area contributed by atoms with E-state index in [1.807, 2.05) is 6.08 Å². The number of fused-ring (bicyclic) bond motifs is 1. The molecule has 3 N–H and O–H groups in total. The van der Waals surface area contributed by atoms with E-state index in [1.165, 1.54) is 38.8 Å². The summed E-state index contributed by atoms with van der Waals surface area (Å²) in [6.07, 6.45) is 6.89. The Kier molecular flexibility index (Phi) is 8.28. The number of benzene rings is 3. The highest BCUT2D eigenvalue weighted by atomic mass is 35.5. The molecule has 1 atom stereocenters. The Morgan fingerprint density at radius 3 is 2.65 bits per heavy atom. The van der Waals surface area contributed by atoms with Crippen LogP contribution in [0.3, 0.4) is 0 Å². The normalized spacial score (nSPS) is 14.8. The summed E-state index contributed by atoms with van der Waals surface area (Å²) in [6, 6.07) is 12.6. The zero-order valence-electron chi connectivity index (χ0n) is 21.8. The fourth-order valence-electron chi connectivity index (χ4n) is 4.37. The van der Waals surface area contributed by atoms with Crippen LogP contribution in [0, 0.1) is 5.82 Å². The zero-order valence-corrected chi connectivity index (χ0v) is 22.6. The van der Waals surface area contributed by atoms with Gasteiger partial charge in [-0.1, -0.05) is 23.7 Å². The smallest absolute Gasteiger partial charge is 0.248 e. The molecule has 1 aliphatic heterocycles. The van der Waals surface area contributed by atoms with Gasteiger partial charge < -0.3 is 30.2 Å². The maximum Gasteiger partial charge on any atom is 0.248 e. The lowest BCUT2D eigenvalue weighted by molar-refractivity contribution is -0.111. The van der Waals surface area contributed by atoms with Crippen molar-refractivity contribution in [3.63, 3.8) is 0 Å². The van der Waals surface area contributed by atoms with Gasteiger partial charge in [-0.05, 0) is 43.7 Å². The SMILES string of the molecule is COc1cc2ncnc(Nc3cc(Cl)c(Oc4cccc(F)c4)cc3OC)c2cc1NC(=O)/C=C/[C@H]1CCCN1. The van der Waals surface area contributed by atoms with Gasteiger partial charge in [-0.2, -0.15) is 0 Å². The maximum absolute atomic E-state index is 13.6. The summed E-state index contributed by atoms with van der Waals surface area (Å²) in [5.74, 6) is 1.19. The van der Waals surface area contributed by atoms with Crippen molar-refractivity contribution in [1.29, 1.82) is 0 Å². The Balaban J connectivity index is 1.43. The fourth-order valence-corrected chi connectivity index (χ4v) is 4.57. The highest BCUT2D eigenvalue weighted by Gasteiger charge is 2.17. The summed E-state index contributed by atoms with van der Waals surface area (Å²) in [5.41, 5.74) is 1.56. The average Bonchev–Trinajstić information content (AvgIpc) is 3.47. The summed E-state index contributed by atoms with van der Waals surface area (Å²) >= 11 is 6.51. The molecule has 0 spiro atoms. The molecule has 40 heavy (non-hydrogen) atoms. The Morgan fingerprint density at radius 1 is 1.07 bits per heavy atom. The van der Waals surface area contributed by atoms with Gasteiger partial charge in [0, 0.05) is 35.7 Å². The molecule has 1 aromatic heterocycles. The van der Waals surface area contributed by atoms with E-state index in [0.29, 0.717) is 45.3 Å². The second-order valence-electron chi connectivity index (χ2n) is 9.01. The van der Waals surface area contributed by atoms with Crippen LogP contribution in [-0.4, -0.2) is 42.7 Å². The van der Waals surface area contributed by atoms with Crippen molar-refractivity contribution in [2.45, 2.75) is 18.9 Å². The van der Waals surface area contributed by atoms with E-state index >= 15 is 0 Å². The number of rotatable bonds is 9. The van der Waals surface area contributed by atoms with E-state index < -0.39 is 5.82 Å². The minimum atomic E-state index is -0.427. The summed E-state index contributed by atoms with van der Waals surface area (Å²) in [5, 5.41) is 10.3. The predicted molar refractivity (Wildman–Crippen MR) is 153 cm³/mol. The largest absolute Gasteiger partial charge is 0.494 e. The summed E-state index contributed by atoms with van der Waals surface area (Å²) in [4.78, 5) is 21.4. The second-order valence-corrected chi connectivity index (χ2v) is 9.42. The molecule has 4 aromatic rings. The number of methoxy groups -OCH3 is 2. The zero-order chi connectivity index (χ0) is 28.1. The van der Waals surface area contributed by atoms with Gasteiger partial charge in [0.15, 0.2) is 0 Å². The first kappa shape index (κ1) is 27.2. The third kappa shape index (κ3) is 6.24. The van der Waals surface area contributed by atoms with Crippen LogP contribution in [0.25, 0.3) is 10.9 Å². The first-order chi connectivity index (χ1) is 19.4. The van der Waals surface area contributed by atoms with Gasteiger partial charge in [-0.25, -0.2) is 14.4 Å². The minimum Gasteiger partial charge on any atom is -0.494 e. The molecule has 0 aliphatic carbocycles. The van der Waals surface area contributed by atoms with E-state index in [9.17, 15) is 9.18 Å². The van der Waals surface area contributed by atoms with Crippen molar-refractivity contribution in [3.8, 4) is 23.0 Å². The lowest BCUT2D eigenvalue weighted by Gasteiger charge is -2.16. The number of hydrogen-bond donors (Lipinski definition) is 3. The van der Waals surface area contributed by atoms with E-state index in [2.05, 4.69) is 25.9 Å². The summed E-state index contributed by atoms with van der Waals surface area (Å²) < 4.78 is 30.4. The highest BCUT2D eigenvalue weighted by Crippen LogP contribution is 2.40. The van der Waals surface area contributed by atoms with Gasteiger partial charge in [-0.3, -0.25) is 4.79 Å². The average molecular weight is 564 g/mol. The molecule has 2 heterocycles. The number of ether oxygens (including phenoxy) is 3. The molecular formula is C29H27ClFN5O4. The van der Waals surface area contributed by atoms with Crippen LogP contribution in [0.2, 0.25) is 5.02 Å². The van der Waals surface area contributed by atoms with Crippen molar-refractivity contribution < 1.29 is 23.4 Å². The molecule has 0 saturated carbocycles. The topological polar surface area (TPSA) is 107 Å². The number of halogens is 2. The number of aromatic nitrogens is 2. The Bertz CT molecular complexity index is 1580. The van der Waals surface area contributed by atoms with Crippen LogP contribution >= 0.6 is 11.6 Å². The van der Waals surface area contributed by atoms with Gasteiger partial charge in [0.2, 0.25) is 5.91 Å². The molecule has 5 rings (SSSR count). The van der Waals surface area contributed by atoms with Gasteiger partial charge >= 0.3 is 0 Å². The molecule has 1 aliphatic rings. The molecule has 1 fully saturated rings. The number of hydrogen-bond acceptors (Lipinski definition) is 8. The third-order valence-corrected chi connectivity index (χ3v) is 6.62. The first-order valence-electron chi connectivity index (χ1n) is 12.6. The van der Waals surface area contributed by atoms with Gasteiger partial charge in [0.25, 0.3) is 0 Å². The van der Waals surface area contributed by atoms with E-state index in [0.717, 1.165) is 19.4 Å². The van der Waals surface area contributed by atoms with Crippen LogP contribution in [0.15, 0.2) is 67.0 Å². The van der Waals surface area contributed by atoms with Crippen molar-refractivity contribution in [3.05, 3.63) is 77.9 Å². The molecular weight excluding hydrogens is 537 g/mol. The van der Waals surface area contributed by atoms with Crippen molar-refractivity contribution >= 4 is 45.6 Å². The van der Waals surface area contributed by atoms with Gasteiger partial charge in [0.05, 0.1) is 36.1 Å². The third-order valence-electron chi connectivity index (χ3n) is 6.32. The Hall–Kier alpha value is -4.41. The minimum absolute atomic E-state index is 0.195. The number of carbonyl (C=O) groups is 1. The predicted octanol–water partition coefficient (Wildman–Crippen LogP) is 6.22. The van der Waals surface area contributed by atoms with Gasteiger partial charge in [0.1, 0.15) is 41.0 Å². The van der Waals surface area contributed by atoms with Crippen molar-refractivity contribution in [2.24, 2.45) is 0 Å². The number of amides is 1. The molecule has 1 saturated heterocycles. The molecule has 1 amide bonds.